The van der Waals surface area contributed by atoms with Gasteiger partial charge in [0, 0.05) is 95.4 Å². The third-order valence-electron chi connectivity index (χ3n) is 13.2. The second-order valence-corrected chi connectivity index (χ2v) is 17.1. The van der Waals surface area contributed by atoms with Crippen LogP contribution in [0.25, 0.3) is 11.0 Å². The second kappa shape index (κ2) is 17.2. The zero-order valence-electron chi connectivity index (χ0n) is 34.5. The van der Waals surface area contributed by atoms with Crippen LogP contribution >= 0.6 is 0 Å². The number of nitrogens with zero attached hydrogens (tertiary/aromatic N) is 7. The first kappa shape index (κ1) is 40.4. The van der Waals surface area contributed by atoms with Gasteiger partial charge in [-0.25, -0.2) is 4.98 Å². The summed E-state index contributed by atoms with van der Waals surface area (Å²) in [6, 6.07) is 12.2. The van der Waals surface area contributed by atoms with E-state index in [9.17, 15) is 28.8 Å². The maximum Gasteiger partial charge on any atom is 0.270 e. The van der Waals surface area contributed by atoms with Gasteiger partial charge in [-0.2, -0.15) is 0 Å². The summed E-state index contributed by atoms with van der Waals surface area (Å²) in [5.74, 6) is -1.58. The van der Waals surface area contributed by atoms with E-state index < -0.39 is 29.7 Å². The summed E-state index contributed by atoms with van der Waals surface area (Å²) >= 11 is 0. The van der Waals surface area contributed by atoms with E-state index in [1.807, 2.05) is 43.5 Å². The fourth-order valence-electron chi connectivity index (χ4n) is 9.56. The van der Waals surface area contributed by atoms with E-state index in [1.54, 1.807) is 18.3 Å². The molecule has 4 aromatic rings. The van der Waals surface area contributed by atoms with Crippen LogP contribution in [0, 0.1) is 5.92 Å². The molecule has 4 saturated heterocycles. The van der Waals surface area contributed by atoms with Gasteiger partial charge in [-0.15, -0.1) is 0 Å². The number of carbonyl (C=O) groups excluding carboxylic acids is 5. The molecule has 1 aromatic carbocycles. The number of amides is 5. The molecule has 16 nitrogen and oxygen atoms in total. The molecule has 318 valence electrons. The van der Waals surface area contributed by atoms with Gasteiger partial charge in [-0.3, -0.25) is 48.9 Å². The van der Waals surface area contributed by atoms with E-state index in [2.05, 4.69) is 45.2 Å². The van der Waals surface area contributed by atoms with Gasteiger partial charge >= 0.3 is 0 Å². The highest BCUT2D eigenvalue weighted by molar-refractivity contribution is 6.23. The lowest BCUT2D eigenvalue weighted by molar-refractivity contribution is -0.136. The minimum absolute atomic E-state index is 0.0511. The van der Waals surface area contributed by atoms with Crippen LogP contribution in [0.1, 0.15) is 87.8 Å². The molecule has 16 heteroatoms. The smallest absolute Gasteiger partial charge is 0.270 e. The van der Waals surface area contributed by atoms with Crippen LogP contribution < -0.4 is 26.0 Å². The van der Waals surface area contributed by atoms with Gasteiger partial charge in [0.2, 0.25) is 11.8 Å². The standard InChI is InChI=1S/C45H52N10O6/c1-2-30-22-37-38(49-41(30)57)21-29(24-46-37)27-52-17-19-54(20-18-52)33-4-6-36(47-25-33)42(58)48-31-11-13-51(14-12-31)26-28-9-15-53(16-10-28)32-3-5-34-35(23-32)45(61)55(44(34)60)39-7-8-40(56)50-43(39)59/h3-6,21-25,28,31,39H,2,7-20,26-27H2,1H3,(H,48,58)(H,49,57)(H,50,56,59). The zero-order valence-corrected chi connectivity index (χ0v) is 34.5. The molecule has 1 atom stereocenters. The Hall–Kier alpha value is -6.00. The molecule has 5 aliphatic rings. The van der Waals surface area contributed by atoms with Gasteiger partial charge < -0.3 is 25.0 Å². The van der Waals surface area contributed by atoms with Crippen molar-refractivity contribution in [3.05, 3.63) is 93.2 Å². The Morgan fingerprint density at radius 3 is 2.21 bits per heavy atom. The lowest BCUT2D eigenvalue weighted by atomic mass is 9.94. The number of hydrogen-bond donors (Lipinski definition) is 3. The SMILES string of the molecule is CCc1cc2ncc(CN3CCN(c4ccc(C(=O)NC5CCN(CC6CCN(c7ccc8c(c7)C(=O)N(C7CCC(=O)NC7=O)C8=O)CC6)CC5)nc4)CC3)cc2[nH]c1=O. The highest BCUT2D eigenvalue weighted by Crippen LogP contribution is 2.32. The number of hydrogen-bond acceptors (Lipinski definition) is 12. The summed E-state index contributed by atoms with van der Waals surface area (Å²) in [6.45, 7) is 10.7. The first-order valence-electron chi connectivity index (χ1n) is 21.7. The lowest BCUT2D eigenvalue weighted by Gasteiger charge is -2.38. The van der Waals surface area contributed by atoms with Gasteiger partial charge in [0.05, 0.1) is 34.0 Å². The van der Waals surface area contributed by atoms with Crippen LogP contribution in [0.15, 0.2) is 59.7 Å². The van der Waals surface area contributed by atoms with Crippen molar-refractivity contribution in [1.82, 2.24) is 40.3 Å². The highest BCUT2D eigenvalue weighted by atomic mass is 16.2. The van der Waals surface area contributed by atoms with Crippen molar-refractivity contribution in [2.75, 3.05) is 68.7 Å². The molecule has 5 aliphatic heterocycles. The van der Waals surface area contributed by atoms with Crippen LogP contribution in [0.2, 0.25) is 0 Å². The molecule has 4 fully saturated rings. The number of aromatic amines is 1. The van der Waals surface area contributed by atoms with Crippen LogP contribution in [0.4, 0.5) is 11.4 Å². The molecular formula is C45H52N10O6. The average molecular weight is 829 g/mol. The number of pyridine rings is 3. The van der Waals surface area contributed by atoms with E-state index in [1.165, 1.54) is 0 Å². The summed E-state index contributed by atoms with van der Waals surface area (Å²) in [7, 11) is 0. The molecule has 3 N–H and O–H groups in total. The van der Waals surface area contributed by atoms with Gasteiger partial charge in [-0.05, 0) is 92.5 Å². The van der Waals surface area contributed by atoms with Crippen molar-refractivity contribution in [3.63, 3.8) is 0 Å². The number of piperidine rings is 3. The number of aromatic nitrogens is 3. The van der Waals surface area contributed by atoms with Gasteiger partial charge in [0.1, 0.15) is 11.7 Å². The first-order valence-corrected chi connectivity index (χ1v) is 21.7. The van der Waals surface area contributed by atoms with Gasteiger partial charge in [0.15, 0.2) is 0 Å². The molecule has 0 spiro atoms. The number of nitrogens with one attached hydrogen (secondary N) is 3. The summed E-state index contributed by atoms with van der Waals surface area (Å²) in [5.41, 5.74) is 6.26. The number of imide groups is 2. The van der Waals surface area contributed by atoms with E-state index in [4.69, 9.17) is 0 Å². The molecule has 3 aromatic heterocycles. The topological polar surface area (TPSA) is 184 Å². The molecule has 61 heavy (non-hydrogen) atoms. The summed E-state index contributed by atoms with van der Waals surface area (Å²) in [5, 5.41) is 5.46. The molecule has 8 heterocycles. The van der Waals surface area contributed by atoms with Crippen LogP contribution in [-0.4, -0.2) is 130 Å². The normalized spacial score (nSPS) is 21.0. The average Bonchev–Trinajstić information content (AvgIpc) is 3.52. The fraction of sp³-hybridized carbons (Fsp3) is 0.467. The van der Waals surface area contributed by atoms with E-state index in [0.717, 1.165) is 130 Å². The molecule has 0 aliphatic carbocycles. The van der Waals surface area contributed by atoms with E-state index in [0.29, 0.717) is 29.2 Å². The van der Waals surface area contributed by atoms with Gasteiger partial charge in [0.25, 0.3) is 23.3 Å². The predicted molar refractivity (Wildman–Crippen MR) is 228 cm³/mol. The molecule has 5 amide bonds. The number of rotatable bonds is 10. The Labute approximate surface area is 353 Å². The van der Waals surface area contributed by atoms with E-state index >= 15 is 0 Å². The number of H-pyrrole nitrogens is 1. The Balaban J connectivity index is 0.691. The maximum absolute atomic E-state index is 13.3. The molecule has 9 rings (SSSR count). The van der Waals surface area contributed by atoms with Crippen LogP contribution in [-0.2, 0) is 22.6 Å². The third-order valence-corrected chi connectivity index (χ3v) is 13.2. The Morgan fingerprint density at radius 1 is 0.754 bits per heavy atom. The number of carbonyl (C=O) groups is 5. The van der Waals surface area contributed by atoms with Crippen molar-refractivity contribution in [1.29, 1.82) is 0 Å². The zero-order chi connectivity index (χ0) is 42.2. The Bertz CT molecular complexity index is 2410. The van der Waals surface area contributed by atoms with Crippen molar-refractivity contribution in [2.45, 2.75) is 70.5 Å². The molecule has 1 unspecified atom stereocenters. The van der Waals surface area contributed by atoms with Crippen molar-refractivity contribution < 1.29 is 24.0 Å². The van der Waals surface area contributed by atoms with Gasteiger partial charge in [-0.1, -0.05) is 6.92 Å². The number of anilines is 2. The van der Waals surface area contributed by atoms with Crippen LogP contribution in [0.5, 0.6) is 0 Å². The summed E-state index contributed by atoms with van der Waals surface area (Å²) in [6.07, 6.45) is 8.39. The van der Waals surface area contributed by atoms with Crippen molar-refractivity contribution in [2.24, 2.45) is 5.92 Å². The molecule has 0 saturated carbocycles. The highest BCUT2D eigenvalue weighted by Gasteiger charge is 2.45. The lowest BCUT2D eigenvalue weighted by Crippen LogP contribution is -2.54. The largest absolute Gasteiger partial charge is 0.371 e. The number of benzene rings is 1. The monoisotopic (exact) mass is 828 g/mol. The quantitative estimate of drug-likeness (QED) is 0.199. The molecular weight excluding hydrogens is 777 g/mol. The Morgan fingerprint density at radius 2 is 1.49 bits per heavy atom. The predicted octanol–water partition coefficient (Wildman–Crippen LogP) is 2.71. The fourth-order valence-corrected chi connectivity index (χ4v) is 9.56. The number of aryl methyl sites for hydroxylation is 1. The third kappa shape index (κ3) is 8.51. The van der Waals surface area contributed by atoms with Crippen molar-refractivity contribution in [3.8, 4) is 0 Å². The minimum Gasteiger partial charge on any atom is -0.371 e. The summed E-state index contributed by atoms with van der Waals surface area (Å²) in [4.78, 5) is 98.6. The van der Waals surface area contributed by atoms with Crippen LogP contribution in [0.3, 0.4) is 0 Å². The molecule has 0 radical (unpaired) electrons. The number of fused-ring (bicyclic) bond motifs is 2. The minimum atomic E-state index is -0.974. The Kier molecular flexibility index (Phi) is 11.4. The molecule has 0 bridgehead atoms. The number of likely N-dealkylation sites (tertiary alicyclic amines) is 1. The van der Waals surface area contributed by atoms with E-state index in [-0.39, 0.29) is 30.3 Å². The van der Waals surface area contributed by atoms with Crippen molar-refractivity contribution >= 4 is 51.9 Å². The maximum atomic E-state index is 13.3. The summed E-state index contributed by atoms with van der Waals surface area (Å²) < 4.78 is 0. The first-order chi connectivity index (χ1) is 29.6. The second-order valence-electron chi connectivity index (χ2n) is 17.1. The number of piperazine rings is 1.